The Hall–Kier alpha value is -1.77. The van der Waals surface area contributed by atoms with Crippen LogP contribution in [-0.4, -0.2) is 17.7 Å². The quantitative estimate of drug-likeness (QED) is 0.538. The number of hydrogen-bond donors (Lipinski definition) is 1. The third kappa shape index (κ3) is 5.53. The summed E-state index contributed by atoms with van der Waals surface area (Å²) >= 11 is 0. The molecule has 18 heavy (non-hydrogen) atoms. The third-order valence-electron chi connectivity index (χ3n) is 2.63. The van der Waals surface area contributed by atoms with E-state index in [1.807, 2.05) is 30.3 Å². The number of hydrogen-bond acceptors (Lipinski definition) is 2. The number of carboxylic acids is 1. The Morgan fingerprint density at radius 2 is 2.06 bits per heavy atom. The molecule has 0 saturated heterocycles. The van der Waals surface area contributed by atoms with Crippen LogP contribution in [0, 0.1) is 0 Å². The van der Waals surface area contributed by atoms with Crippen LogP contribution in [0.25, 0.3) is 0 Å². The molecule has 0 radical (unpaired) electrons. The average molecular weight is 248 g/mol. The molecule has 0 aliphatic rings. The number of carbonyl (C=O) groups is 1. The molecular formula is C15H20O3. The standard InChI is InChI=1S/C15H20O3/c1-2-8-13-9-5-6-10-14(13)18-12-7-3-4-11-15(16)17/h2,5-6,9-10H,1,3-4,7-8,11-12H2,(H,16,17). The van der Waals surface area contributed by atoms with Crippen LogP contribution in [0.2, 0.25) is 0 Å². The van der Waals surface area contributed by atoms with Gasteiger partial charge in [-0.05, 0) is 37.3 Å². The van der Waals surface area contributed by atoms with E-state index < -0.39 is 5.97 Å². The summed E-state index contributed by atoms with van der Waals surface area (Å²) in [4.78, 5) is 10.3. The van der Waals surface area contributed by atoms with Gasteiger partial charge in [-0.2, -0.15) is 0 Å². The number of rotatable bonds is 9. The van der Waals surface area contributed by atoms with Gasteiger partial charge in [0.05, 0.1) is 6.61 Å². The van der Waals surface area contributed by atoms with E-state index in [0.29, 0.717) is 13.0 Å². The van der Waals surface area contributed by atoms with Gasteiger partial charge in [-0.1, -0.05) is 24.3 Å². The predicted octanol–water partition coefficient (Wildman–Crippen LogP) is 3.44. The Labute approximate surface area is 108 Å². The van der Waals surface area contributed by atoms with Gasteiger partial charge in [-0.15, -0.1) is 6.58 Å². The normalized spacial score (nSPS) is 10.0. The van der Waals surface area contributed by atoms with Crippen molar-refractivity contribution >= 4 is 5.97 Å². The van der Waals surface area contributed by atoms with Crippen molar-refractivity contribution in [2.45, 2.75) is 32.1 Å². The maximum atomic E-state index is 10.3. The summed E-state index contributed by atoms with van der Waals surface area (Å²) in [5.74, 6) is 0.169. The Kier molecular flexibility index (Phi) is 6.62. The molecule has 0 aromatic heterocycles. The van der Waals surface area contributed by atoms with E-state index in [2.05, 4.69) is 6.58 Å². The topological polar surface area (TPSA) is 46.5 Å². The molecule has 0 aliphatic carbocycles. The molecule has 0 saturated carbocycles. The first kappa shape index (κ1) is 14.3. The zero-order valence-electron chi connectivity index (χ0n) is 10.6. The largest absolute Gasteiger partial charge is 0.493 e. The highest BCUT2D eigenvalue weighted by molar-refractivity contribution is 5.66. The molecule has 0 aliphatic heterocycles. The highest BCUT2D eigenvalue weighted by Gasteiger charge is 2.01. The van der Waals surface area contributed by atoms with Gasteiger partial charge in [-0.3, -0.25) is 4.79 Å². The summed E-state index contributed by atoms with van der Waals surface area (Å²) in [5, 5.41) is 8.50. The first-order chi connectivity index (χ1) is 8.74. The van der Waals surface area contributed by atoms with Crippen LogP contribution in [0.3, 0.4) is 0 Å². The third-order valence-corrected chi connectivity index (χ3v) is 2.63. The second kappa shape index (κ2) is 8.34. The molecule has 1 rings (SSSR count). The molecular weight excluding hydrogens is 228 g/mol. The molecule has 0 unspecified atom stereocenters. The van der Waals surface area contributed by atoms with E-state index in [0.717, 1.165) is 30.6 Å². The number of carboxylic acid groups (broad SMARTS) is 1. The van der Waals surface area contributed by atoms with Crippen LogP contribution in [0.15, 0.2) is 36.9 Å². The van der Waals surface area contributed by atoms with Gasteiger partial charge in [0.25, 0.3) is 0 Å². The van der Waals surface area contributed by atoms with Crippen molar-refractivity contribution in [1.29, 1.82) is 0 Å². The van der Waals surface area contributed by atoms with Gasteiger partial charge in [-0.25, -0.2) is 0 Å². The molecule has 3 nitrogen and oxygen atoms in total. The van der Waals surface area contributed by atoms with E-state index in [9.17, 15) is 4.79 Å². The maximum absolute atomic E-state index is 10.3. The summed E-state index contributed by atoms with van der Waals surface area (Å²) in [6.07, 6.45) is 5.38. The van der Waals surface area contributed by atoms with Crippen LogP contribution >= 0.6 is 0 Å². The minimum absolute atomic E-state index is 0.243. The lowest BCUT2D eigenvalue weighted by Crippen LogP contribution is -2.01. The molecule has 0 heterocycles. The van der Waals surface area contributed by atoms with Gasteiger partial charge in [0.2, 0.25) is 0 Å². The zero-order valence-corrected chi connectivity index (χ0v) is 10.6. The molecule has 1 aromatic carbocycles. The van der Waals surface area contributed by atoms with Crippen LogP contribution in [0.4, 0.5) is 0 Å². The van der Waals surface area contributed by atoms with E-state index in [-0.39, 0.29) is 6.42 Å². The highest BCUT2D eigenvalue weighted by Crippen LogP contribution is 2.19. The lowest BCUT2D eigenvalue weighted by molar-refractivity contribution is -0.137. The van der Waals surface area contributed by atoms with Crippen molar-refractivity contribution in [3.63, 3.8) is 0 Å². The lowest BCUT2D eigenvalue weighted by atomic mass is 10.1. The van der Waals surface area contributed by atoms with Crippen LogP contribution in [-0.2, 0) is 11.2 Å². The van der Waals surface area contributed by atoms with E-state index >= 15 is 0 Å². The second-order valence-corrected chi connectivity index (χ2v) is 4.15. The number of unbranched alkanes of at least 4 members (excludes halogenated alkanes) is 2. The Morgan fingerprint density at radius 1 is 1.28 bits per heavy atom. The fourth-order valence-electron chi connectivity index (χ4n) is 1.71. The van der Waals surface area contributed by atoms with Crippen molar-refractivity contribution in [2.75, 3.05) is 6.61 Å². The number of benzene rings is 1. The average Bonchev–Trinajstić information content (AvgIpc) is 2.35. The summed E-state index contributed by atoms with van der Waals surface area (Å²) in [5.41, 5.74) is 1.14. The van der Waals surface area contributed by atoms with Crippen molar-refractivity contribution in [3.05, 3.63) is 42.5 Å². The Bertz CT molecular complexity index is 385. The minimum atomic E-state index is -0.729. The smallest absolute Gasteiger partial charge is 0.303 e. The van der Waals surface area contributed by atoms with Crippen LogP contribution < -0.4 is 4.74 Å². The number of aliphatic carboxylic acids is 1. The Morgan fingerprint density at radius 3 is 2.78 bits per heavy atom. The zero-order chi connectivity index (χ0) is 13.2. The van der Waals surface area contributed by atoms with Gasteiger partial charge in [0.15, 0.2) is 0 Å². The summed E-state index contributed by atoms with van der Waals surface area (Å²) < 4.78 is 5.70. The van der Waals surface area contributed by atoms with Crippen molar-refractivity contribution in [3.8, 4) is 5.75 Å². The van der Waals surface area contributed by atoms with Crippen LogP contribution in [0.5, 0.6) is 5.75 Å². The molecule has 98 valence electrons. The molecule has 0 amide bonds. The fraction of sp³-hybridized carbons (Fsp3) is 0.400. The molecule has 0 spiro atoms. The van der Waals surface area contributed by atoms with Crippen molar-refractivity contribution < 1.29 is 14.6 Å². The molecule has 1 aromatic rings. The molecule has 0 atom stereocenters. The highest BCUT2D eigenvalue weighted by atomic mass is 16.5. The molecule has 3 heteroatoms. The van der Waals surface area contributed by atoms with Crippen LogP contribution in [0.1, 0.15) is 31.2 Å². The van der Waals surface area contributed by atoms with Crippen molar-refractivity contribution in [2.24, 2.45) is 0 Å². The van der Waals surface area contributed by atoms with E-state index in [4.69, 9.17) is 9.84 Å². The first-order valence-electron chi connectivity index (χ1n) is 6.27. The number of ether oxygens (including phenoxy) is 1. The van der Waals surface area contributed by atoms with Gasteiger partial charge in [0.1, 0.15) is 5.75 Å². The fourth-order valence-corrected chi connectivity index (χ4v) is 1.71. The van der Waals surface area contributed by atoms with Gasteiger partial charge < -0.3 is 9.84 Å². The number of para-hydroxylation sites is 1. The van der Waals surface area contributed by atoms with E-state index in [1.54, 1.807) is 0 Å². The maximum Gasteiger partial charge on any atom is 0.303 e. The lowest BCUT2D eigenvalue weighted by Gasteiger charge is -2.09. The Balaban J connectivity index is 2.26. The van der Waals surface area contributed by atoms with Gasteiger partial charge >= 0.3 is 5.97 Å². The molecule has 0 fully saturated rings. The molecule has 1 N–H and O–H groups in total. The second-order valence-electron chi connectivity index (χ2n) is 4.15. The monoisotopic (exact) mass is 248 g/mol. The summed E-state index contributed by atoms with van der Waals surface area (Å²) in [7, 11) is 0. The first-order valence-corrected chi connectivity index (χ1v) is 6.27. The van der Waals surface area contributed by atoms with Crippen molar-refractivity contribution in [1.82, 2.24) is 0 Å². The van der Waals surface area contributed by atoms with E-state index in [1.165, 1.54) is 0 Å². The summed E-state index contributed by atoms with van der Waals surface area (Å²) in [6.45, 7) is 4.36. The summed E-state index contributed by atoms with van der Waals surface area (Å²) in [6, 6.07) is 7.92. The SMILES string of the molecule is C=CCc1ccccc1OCCCCCC(=O)O. The van der Waals surface area contributed by atoms with Gasteiger partial charge in [0, 0.05) is 6.42 Å². The number of allylic oxidation sites excluding steroid dienone is 1. The molecule has 0 bridgehead atoms. The predicted molar refractivity (Wildman–Crippen MR) is 71.9 cm³/mol. The minimum Gasteiger partial charge on any atom is -0.493 e.